The highest BCUT2D eigenvalue weighted by molar-refractivity contribution is 7.91. The Labute approximate surface area is 96.3 Å². The van der Waals surface area contributed by atoms with E-state index in [1.165, 1.54) is 12.1 Å². The summed E-state index contributed by atoms with van der Waals surface area (Å²) in [6.07, 6.45) is 0.514. The Morgan fingerprint density at radius 3 is 2.44 bits per heavy atom. The minimum atomic E-state index is -3.19. The van der Waals surface area contributed by atoms with Crippen molar-refractivity contribution >= 4 is 15.5 Å². The van der Waals surface area contributed by atoms with Gasteiger partial charge in [0.2, 0.25) is 0 Å². The molecular weight excluding hydrogens is 226 g/mol. The molecule has 2 N–H and O–H groups in total. The summed E-state index contributed by atoms with van der Waals surface area (Å²) < 4.78 is 28.7. The molecule has 0 fully saturated rings. The molecule has 0 aliphatic rings. The van der Waals surface area contributed by atoms with Gasteiger partial charge >= 0.3 is 0 Å². The van der Waals surface area contributed by atoms with Gasteiger partial charge in [-0.05, 0) is 37.6 Å². The highest BCUT2D eigenvalue weighted by Crippen LogP contribution is 2.14. The van der Waals surface area contributed by atoms with Crippen molar-refractivity contribution in [2.75, 3.05) is 24.7 Å². The van der Waals surface area contributed by atoms with Crippen molar-refractivity contribution in [2.45, 2.75) is 18.2 Å². The quantitative estimate of drug-likeness (QED) is 0.606. The maximum absolute atomic E-state index is 11.8. The number of hydrogen-bond donors (Lipinski definition) is 1. The van der Waals surface area contributed by atoms with Crippen LogP contribution in [0.25, 0.3) is 0 Å². The second kappa shape index (κ2) is 5.86. The Morgan fingerprint density at radius 1 is 1.25 bits per heavy atom. The van der Waals surface area contributed by atoms with Gasteiger partial charge in [-0.3, -0.25) is 0 Å². The van der Waals surface area contributed by atoms with Crippen molar-refractivity contribution in [1.29, 1.82) is 0 Å². The maximum Gasteiger partial charge on any atom is 0.178 e. The van der Waals surface area contributed by atoms with E-state index in [0.717, 1.165) is 0 Å². The fourth-order valence-electron chi connectivity index (χ4n) is 1.29. The van der Waals surface area contributed by atoms with Crippen molar-refractivity contribution in [1.82, 2.24) is 0 Å². The number of rotatable bonds is 6. The average Bonchev–Trinajstić information content (AvgIpc) is 2.25. The minimum absolute atomic E-state index is 0.108. The lowest BCUT2D eigenvalue weighted by atomic mass is 10.3. The van der Waals surface area contributed by atoms with E-state index in [-0.39, 0.29) is 5.75 Å². The highest BCUT2D eigenvalue weighted by Gasteiger charge is 2.13. The summed E-state index contributed by atoms with van der Waals surface area (Å²) in [4.78, 5) is 0.318. The number of benzene rings is 1. The summed E-state index contributed by atoms with van der Waals surface area (Å²) in [5.74, 6) is 0.108. The molecule has 1 rings (SSSR count). The van der Waals surface area contributed by atoms with Gasteiger partial charge in [-0.2, -0.15) is 0 Å². The molecule has 4 nitrogen and oxygen atoms in total. The summed E-state index contributed by atoms with van der Waals surface area (Å²) in [7, 11) is -3.19. The van der Waals surface area contributed by atoms with Crippen LogP contribution in [0.2, 0.25) is 0 Å². The monoisotopic (exact) mass is 243 g/mol. The van der Waals surface area contributed by atoms with Gasteiger partial charge in [0.15, 0.2) is 9.84 Å². The van der Waals surface area contributed by atoms with E-state index in [2.05, 4.69) is 0 Å². The van der Waals surface area contributed by atoms with Crippen LogP contribution in [0.3, 0.4) is 0 Å². The molecule has 0 saturated carbocycles. The first-order valence-electron chi connectivity index (χ1n) is 5.22. The van der Waals surface area contributed by atoms with Gasteiger partial charge in [-0.25, -0.2) is 8.42 Å². The SMILES string of the molecule is CCOCCCS(=O)(=O)c1ccc(N)cc1. The summed E-state index contributed by atoms with van der Waals surface area (Å²) in [6, 6.07) is 6.25. The molecule has 0 aromatic heterocycles. The molecule has 0 bridgehead atoms. The molecule has 0 aliphatic carbocycles. The molecule has 0 atom stereocenters. The molecule has 0 spiro atoms. The van der Waals surface area contributed by atoms with Crippen LogP contribution in [0.1, 0.15) is 13.3 Å². The molecule has 0 saturated heterocycles. The fourth-order valence-corrected chi connectivity index (χ4v) is 2.57. The van der Waals surface area contributed by atoms with Crippen LogP contribution >= 0.6 is 0 Å². The summed E-state index contributed by atoms with van der Waals surface area (Å²) in [5.41, 5.74) is 6.06. The van der Waals surface area contributed by atoms with Crippen LogP contribution in [-0.4, -0.2) is 27.4 Å². The molecule has 1 aromatic carbocycles. The van der Waals surface area contributed by atoms with E-state index < -0.39 is 9.84 Å². The second-order valence-electron chi connectivity index (χ2n) is 3.44. The Kier molecular flexibility index (Phi) is 4.76. The van der Waals surface area contributed by atoms with Crippen molar-refractivity contribution in [3.8, 4) is 0 Å². The Hall–Kier alpha value is -1.07. The van der Waals surface area contributed by atoms with E-state index in [1.54, 1.807) is 12.1 Å². The Balaban J connectivity index is 2.60. The molecule has 0 unspecified atom stereocenters. The van der Waals surface area contributed by atoms with Crippen LogP contribution in [0.5, 0.6) is 0 Å². The van der Waals surface area contributed by atoms with Crippen molar-refractivity contribution < 1.29 is 13.2 Å². The fraction of sp³-hybridized carbons (Fsp3) is 0.455. The smallest absolute Gasteiger partial charge is 0.178 e. The van der Waals surface area contributed by atoms with Gasteiger partial charge in [0.25, 0.3) is 0 Å². The summed E-state index contributed by atoms with van der Waals surface area (Å²) in [6.45, 7) is 2.97. The van der Waals surface area contributed by atoms with Crippen molar-refractivity contribution in [2.24, 2.45) is 0 Å². The van der Waals surface area contributed by atoms with Crippen molar-refractivity contribution in [3.63, 3.8) is 0 Å². The van der Waals surface area contributed by atoms with Crippen LogP contribution in [0.4, 0.5) is 5.69 Å². The van der Waals surface area contributed by atoms with Crippen LogP contribution in [-0.2, 0) is 14.6 Å². The van der Waals surface area contributed by atoms with E-state index >= 15 is 0 Å². The molecule has 90 valence electrons. The second-order valence-corrected chi connectivity index (χ2v) is 5.55. The van der Waals surface area contributed by atoms with Crippen molar-refractivity contribution in [3.05, 3.63) is 24.3 Å². The van der Waals surface area contributed by atoms with Gasteiger partial charge in [0.05, 0.1) is 10.6 Å². The van der Waals surface area contributed by atoms with Crippen LogP contribution in [0.15, 0.2) is 29.2 Å². The first-order chi connectivity index (χ1) is 7.56. The Morgan fingerprint density at radius 2 is 1.88 bits per heavy atom. The lowest BCUT2D eigenvalue weighted by Crippen LogP contribution is -2.09. The molecule has 16 heavy (non-hydrogen) atoms. The van der Waals surface area contributed by atoms with Gasteiger partial charge < -0.3 is 10.5 Å². The number of nitrogens with two attached hydrogens (primary N) is 1. The Bertz CT molecular complexity index is 411. The highest BCUT2D eigenvalue weighted by atomic mass is 32.2. The molecule has 5 heteroatoms. The summed E-state index contributed by atoms with van der Waals surface area (Å²) in [5, 5.41) is 0. The third-order valence-corrected chi connectivity index (χ3v) is 3.96. The third-order valence-electron chi connectivity index (χ3n) is 2.15. The van der Waals surface area contributed by atoms with Crippen LogP contribution < -0.4 is 5.73 Å². The maximum atomic E-state index is 11.8. The van der Waals surface area contributed by atoms with Gasteiger partial charge in [0, 0.05) is 18.9 Å². The standard InChI is InChI=1S/C11H17NO3S/c1-2-15-8-3-9-16(13,14)11-6-4-10(12)5-7-11/h4-7H,2-3,8-9,12H2,1H3. The number of anilines is 1. The zero-order chi connectivity index (χ0) is 12.0. The number of hydrogen-bond acceptors (Lipinski definition) is 4. The molecule has 0 amide bonds. The van der Waals surface area contributed by atoms with E-state index in [9.17, 15) is 8.42 Å². The molecule has 0 radical (unpaired) electrons. The molecular formula is C11H17NO3S. The minimum Gasteiger partial charge on any atom is -0.399 e. The first-order valence-corrected chi connectivity index (χ1v) is 6.87. The largest absolute Gasteiger partial charge is 0.399 e. The topological polar surface area (TPSA) is 69.4 Å². The van der Waals surface area contributed by atoms with E-state index in [1.807, 2.05) is 6.92 Å². The van der Waals surface area contributed by atoms with Gasteiger partial charge in [-0.15, -0.1) is 0 Å². The lowest BCUT2D eigenvalue weighted by Gasteiger charge is -2.04. The predicted octanol–water partition coefficient (Wildman–Crippen LogP) is 1.47. The molecule has 0 aliphatic heterocycles. The average molecular weight is 243 g/mol. The lowest BCUT2D eigenvalue weighted by molar-refractivity contribution is 0.148. The predicted molar refractivity (Wildman–Crippen MR) is 64.0 cm³/mol. The molecule has 1 aromatic rings. The van der Waals surface area contributed by atoms with Gasteiger partial charge in [-0.1, -0.05) is 0 Å². The normalized spacial score (nSPS) is 11.6. The molecule has 0 heterocycles. The first kappa shape index (κ1) is 13.0. The zero-order valence-corrected chi connectivity index (χ0v) is 10.2. The summed E-state index contributed by atoms with van der Waals surface area (Å²) >= 11 is 0. The van der Waals surface area contributed by atoms with E-state index in [4.69, 9.17) is 10.5 Å². The number of ether oxygens (including phenoxy) is 1. The van der Waals surface area contributed by atoms with E-state index in [0.29, 0.717) is 30.2 Å². The number of nitrogen functional groups attached to an aromatic ring is 1. The van der Waals surface area contributed by atoms with Gasteiger partial charge in [0.1, 0.15) is 0 Å². The zero-order valence-electron chi connectivity index (χ0n) is 9.35. The third kappa shape index (κ3) is 3.83. The number of sulfone groups is 1. The van der Waals surface area contributed by atoms with Crippen LogP contribution in [0, 0.1) is 0 Å².